The Bertz CT molecular complexity index is 1690. The molecular formula is C30H40ClN5O7S2. The van der Waals surface area contributed by atoms with Crippen molar-refractivity contribution >= 4 is 60.0 Å². The van der Waals surface area contributed by atoms with Crippen molar-refractivity contribution in [2.24, 2.45) is 0 Å². The van der Waals surface area contributed by atoms with Crippen molar-refractivity contribution in [1.29, 1.82) is 0 Å². The van der Waals surface area contributed by atoms with Crippen molar-refractivity contribution in [3.05, 3.63) is 41.4 Å². The molecule has 3 atom stereocenters. The Hall–Kier alpha value is -2.78. The third-order valence-corrected chi connectivity index (χ3v) is 11.5. The fourth-order valence-electron chi connectivity index (χ4n) is 6.55. The minimum Gasteiger partial charge on any atom is -0.341 e. The molecule has 0 radical (unpaired) electrons. The molecule has 0 saturated carbocycles. The number of benzene rings is 2. The number of halogens is 1. The van der Waals surface area contributed by atoms with Crippen LogP contribution in [0.3, 0.4) is 0 Å². The second-order valence-corrected chi connectivity index (χ2v) is 16.7. The number of carbonyl (C=O) groups is 3. The lowest BCUT2D eigenvalue weighted by atomic mass is 10.1. The number of likely N-dealkylation sites (N-methyl/N-ethyl adjacent to an activating group) is 1. The topological polar surface area (TPSA) is 144 Å². The molecule has 0 aliphatic carbocycles. The minimum atomic E-state index is -4.00. The minimum absolute atomic E-state index is 0.0368. The zero-order valence-corrected chi connectivity index (χ0v) is 27.9. The molecule has 15 heteroatoms. The summed E-state index contributed by atoms with van der Waals surface area (Å²) in [6.45, 7) is 2.80. The lowest BCUT2D eigenvalue weighted by Gasteiger charge is -2.35. The number of sulfonamides is 1. The van der Waals surface area contributed by atoms with E-state index in [0.29, 0.717) is 49.4 Å². The van der Waals surface area contributed by atoms with Crippen LogP contribution in [0, 0.1) is 0 Å². The molecule has 2 aromatic carbocycles. The molecule has 3 heterocycles. The average Bonchev–Trinajstić information content (AvgIpc) is 3.63. The van der Waals surface area contributed by atoms with Crippen LogP contribution >= 0.6 is 11.6 Å². The Morgan fingerprint density at radius 1 is 0.978 bits per heavy atom. The van der Waals surface area contributed by atoms with Crippen LogP contribution < -0.4 is 4.72 Å². The van der Waals surface area contributed by atoms with Crippen molar-refractivity contribution < 1.29 is 31.2 Å². The first-order valence-electron chi connectivity index (χ1n) is 15.2. The van der Waals surface area contributed by atoms with E-state index in [1.54, 1.807) is 37.4 Å². The van der Waals surface area contributed by atoms with Gasteiger partial charge >= 0.3 is 0 Å². The van der Waals surface area contributed by atoms with Gasteiger partial charge < -0.3 is 14.7 Å². The highest BCUT2D eigenvalue weighted by molar-refractivity contribution is 7.91. The number of carbonyl (C=O) groups excluding carboxylic acids is 3. The highest BCUT2D eigenvalue weighted by atomic mass is 35.5. The molecular weight excluding hydrogens is 642 g/mol. The maximum Gasteiger partial charge on any atom is 0.242 e. The van der Waals surface area contributed by atoms with Crippen LogP contribution in [-0.4, -0.2) is 131 Å². The van der Waals surface area contributed by atoms with Crippen LogP contribution in [0.4, 0.5) is 0 Å². The molecule has 0 bridgehead atoms. The summed E-state index contributed by atoms with van der Waals surface area (Å²) in [5, 5.41) is 2.06. The third kappa shape index (κ3) is 8.15. The zero-order valence-electron chi connectivity index (χ0n) is 25.5. The molecule has 3 amide bonds. The predicted molar refractivity (Wildman–Crippen MR) is 171 cm³/mol. The van der Waals surface area contributed by atoms with Crippen molar-refractivity contribution in [2.45, 2.75) is 55.1 Å². The number of fused-ring (bicyclic) bond motifs is 1. The van der Waals surface area contributed by atoms with Crippen molar-refractivity contribution in [2.75, 3.05) is 58.3 Å². The standard InChI is InChI=1S/C30H40ClN5O7S2/c1-33(29(38)20-44(2,40)41)24-11-14-34(17-24)18-25-5-3-13-36(25)28(37)19-35-12-4-6-27(30(35)39)32-45(42,43)26-10-8-21-15-23(31)9-7-22(21)16-26/h7-10,15-16,24-25,27,32H,3-6,11-14,17-20H2,1-2H3/t24?,25-,27-/m0/s1. The molecule has 3 saturated heterocycles. The molecule has 0 spiro atoms. The van der Waals surface area contributed by atoms with Gasteiger partial charge in [-0.1, -0.05) is 23.7 Å². The van der Waals surface area contributed by atoms with Gasteiger partial charge in [0, 0.05) is 63.1 Å². The molecule has 3 fully saturated rings. The number of piperidine rings is 1. The lowest BCUT2D eigenvalue weighted by Crippen LogP contribution is -2.55. The van der Waals surface area contributed by atoms with Gasteiger partial charge in [-0.15, -0.1) is 0 Å². The Kier molecular flexibility index (Phi) is 10.1. The molecule has 12 nitrogen and oxygen atoms in total. The SMILES string of the molecule is CN(C(=O)CS(C)(=O)=O)C1CCN(C[C@@H]2CCCN2C(=O)CN2CCC[C@H](NS(=O)(=O)c3ccc4cc(Cl)ccc4c3)C2=O)C1. The van der Waals surface area contributed by atoms with Gasteiger partial charge in [0.15, 0.2) is 9.84 Å². The summed E-state index contributed by atoms with van der Waals surface area (Å²) in [6.07, 6.45) is 4.34. The van der Waals surface area contributed by atoms with Crippen molar-refractivity contribution in [3.8, 4) is 0 Å². The van der Waals surface area contributed by atoms with Crippen LogP contribution in [0.15, 0.2) is 41.3 Å². The number of nitrogens with zero attached hydrogens (tertiary/aromatic N) is 4. The largest absolute Gasteiger partial charge is 0.341 e. The first kappa shape index (κ1) is 33.6. The average molecular weight is 682 g/mol. The fraction of sp³-hybridized carbons (Fsp3) is 0.567. The number of hydrogen-bond acceptors (Lipinski definition) is 8. The molecule has 3 aliphatic heterocycles. The van der Waals surface area contributed by atoms with E-state index in [1.807, 2.05) is 4.90 Å². The Balaban J connectivity index is 1.16. The summed E-state index contributed by atoms with van der Waals surface area (Å²) in [5.74, 6) is -1.51. The summed E-state index contributed by atoms with van der Waals surface area (Å²) in [7, 11) is -5.77. The molecule has 1 N–H and O–H groups in total. The van der Waals surface area contributed by atoms with E-state index in [0.717, 1.165) is 37.4 Å². The molecule has 1 unspecified atom stereocenters. The second-order valence-electron chi connectivity index (χ2n) is 12.4. The van der Waals surface area contributed by atoms with E-state index in [2.05, 4.69) is 9.62 Å². The van der Waals surface area contributed by atoms with Gasteiger partial charge in [-0.3, -0.25) is 19.3 Å². The number of hydrogen-bond donors (Lipinski definition) is 1. The van der Waals surface area contributed by atoms with Gasteiger partial charge in [-0.25, -0.2) is 16.8 Å². The van der Waals surface area contributed by atoms with Gasteiger partial charge in [0.25, 0.3) is 0 Å². The normalized spacial score (nSPS) is 23.2. The Morgan fingerprint density at radius 2 is 1.69 bits per heavy atom. The summed E-state index contributed by atoms with van der Waals surface area (Å²) in [6, 6.07) is 8.79. The quantitative estimate of drug-likeness (QED) is 0.396. The highest BCUT2D eigenvalue weighted by Crippen LogP contribution is 2.25. The monoisotopic (exact) mass is 681 g/mol. The highest BCUT2D eigenvalue weighted by Gasteiger charge is 2.38. The van der Waals surface area contributed by atoms with Gasteiger partial charge in [0.1, 0.15) is 11.8 Å². The predicted octanol–water partition coefficient (Wildman–Crippen LogP) is 1.33. The van der Waals surface area contributed by atoms with E-state index in [1.165, 1.54) is 15.9 Å². The Morgan fingerprint density at radius 3 is 2.44 bits per heavy atom. The summed E-state index contributed by atoms with van der Waals surface area (Å²) in [4.78, 5) is 46.2. The maximum absolute atomic E-state index is 13.5. The van der Waals surface area contributed by atoms with Crippen molar-refractivity contribution in [1.82, 2.24) is 24.3 Å². The molecule has 246 valence electrons. The lowest BCUT2D eigenvalue weighted by molar-refractivity contribution is -0.143. The molecule has 5 rings (SSSR count). The van der Waals surface area contributed by atoms with E-state index in [-0.39, 0.29) is 29.4 Å². The molecule has 0 aromatic heterocycles. The maximum atomic E-state index is 13.5. The van der Waals surface area contributed by atoms with Crippen LogP contribution in [0.25, 0.3) is 10.8 Å². The number of rotatable bonds is 10. The van der Waals surface area contributed by atoms with E-state index < -0.39 is 43.5 Å². The van der Waals surface area contributed by atoms with Gasteiger partial charge in [-0.2, -0.15) is 4.72 Å². The van der Waals surface area contributed by atoms with Gasteiger partial charge in [0.2, 0.25) is 27.7 Å². The van der Waals surface area contributed by atoms with Crippen LogP contribution in [0.2, 0.25) is 5.02 Å². The molecule has 2 aromatic rings. The van der Waals surface area contributed by atoms with Crippen LogP contribution in [0.5, 0.6) is 0 Å². The molecule has 3 aliphatic rings. The van der Waals surface area contributed by atoms with Crippen molar-refractivity contribution in [3.63, 3.8) is 0 Å². The smallest absolute Gasteiger partial charge is 0.242 e. The van der Waals surface area contributed by atoms with Gasteiger partial charge in [-0.05, 0) is 67.1 Å². The van der Waals surface area contributed by atoms with E-state index in [9.17, 15) is 31.2 Å². The number of nitrogens with one attached hydrogen (secondary N) is 1. The fourth-order valence-corrected chi connectivity index (χ4v) is 8.65. The molecule has 45 heavy (non-hydrogen) atoms. The first-order valence-corrected chi connectivity index (χ1v) is 19.1. The third-order valence-electron chi connectivity index (χ3n) is 8.98. The number of sulfone groups is 1. The van der Waals surface area contributed by atoms with Gasteiger partial charge in [0.05, 0.1) is 11.4 Å². The number of amides is 3. The number of likely N-dealkylation sites (tertiary alicyclic amines) is 3. The second kappa shape index (κ2) is 13.5. The van der Waals surface area contributed by atoms with E-state index >= 15 is 0 Å². The summed E-state index contributed by atoms with van der Waals surface area (Å²) < 4.78 is 52.1. The first-order chi connectivity index (χ1) is 21.2. The summed E-state index contributed by atoms with van der Waals surface area (Å²) in [5.41, 5.74) is 0. The summed E-state index contributed by atoms with van der Waals surface area (Å²) >= 11 is 6.04. The van der Waals surface area contributed by atoms with E-state index in [4.69, 9.17) is 11.6 Å². The Labute approximate surface area is 269 Å². The van der Waals surface area contributed by atoms with Crippen LogP contribution in [0.1, 0.15) is 32.1 Å². The zero-order chi connectivity index (χ0) is 32.5. The van der Waals surface area contributed by atoms with Crippen LogP contribution in [-0.2, 0) is 34.2 Å².